The summed E-state index contributed by atoms with van der Waals surface area (Å²) in [6.45, 7) is 0.401. The van der Waals surface area contributed by atoms with Crippen LogP contribution in [0.3, 0.4) is 0 Å². The molecule has 0 atom stereocenters. The van der Waals surface area contributed by atoms with Crippen molar-refractivity contribution in [1.29, 1.82) is 5.41 Å². The molecule has 5 heteroatoms. The minimum atomic E-state index is -4.16. The molecule has 1 aliphatic carbocycles. The lowest BCUT2D eigenvalue weighted by Gasteiger charge is -2.31. The van der Waals surface area contributed by atoms with E-state index in [9.17, 15) is 13.2 Å². The monoisotopic (exact) mass is 192 g/mol. The predicted molar refractivity (Wildman–Crippen MR) is 41.7 cm³/mol. The molecule has 1 saturated carbocycles. The van der Waals surface area contributed by atoms with Gasteiger partial charge in [0.2, 0.25) is 0 Å². The number of hydrogen-bond acceptors (Lipinski definition) is 1. The fourth-order valence-electron chi connectivity index (χ4n) is 1.97. The molecule has 0 aromatic carbocycles. The Labute approximate surface area is 74.2 Å². The summed E-state index contributed by atoms with van der Waals surface area (Å²) >= 11 is 0. The average molecular weight is 192 g/mol. The molecular weight excluding hydrogens is 181 g/mol. The van der Waals surface area contributed by atoms with Crippen molar-refractivity contribution < 1.29 is 13.2 Å². The van der Waals surface area contributed by atoms with E-state index in [2.05, 4.69) is 0 Å². The van der Waals surface area contributed by atoms with E-state index >= 15 is 0 Å². The van der Waals surface area contributed by atoms with Gasteiger partial charge in [-0.2, -0.15) is 13.2 Å². The van der Waals surface area contributed by atoms with Gasteiger partial charge in [-0.3, -0.25) is 5.41 Å². The summed E-state index contributed by atoms with van der Waals surface area (Å²) < 4.78 is 37.7. The van der Waals surface area contributed by atoms with Gasteiger partial charge in [-0.05, 0) is 19.3 Å². The molecule has 0 aromatic heterocycles. The third-order valence-corrected chi connectivity index (χ3v) is 2.89. The molecule has 0 unspecified atom stereocenters. The van der Waals surface area contributed by atoms with Crippen LogP contribution >= 0.6 is 0 Å². The van der Waals surface area contributed by atoms with E-state index in [1.165, 1.54) is 4.90 Å². The van der Waals surface area contributed by atoms with E-state index in [1.54, 1.807) is 0 Å². The second-order valence-electron chi connectivity index (χ2n) is 3.73. The van der Waals surface area contributed by atoms with Crippen molar-refractivity contribution in [2.75, 3.05) is 6.54 Å². The number of halogens is 3. The van der Waals surface area contributed by atoms with E-state index < -0.39 is 11.7 Å². The zero-order valence-electron chi connectivity index (χ0n) is 7.12. The quantitative estimate of drug-likeness (QED) is 0.677. The maximum Gasteiger partial charge on any atom is 0.411 e. The Balaban J connectivity index is 2.20. The number of alkyl halides is 3. The van der Waals surface area contributed by atoms with Gasteiger partial charge in [-0.15, -0.1) is 0 Å². The Bertz CT molecular complexity index is 242. The number of nitrogens with zero attached hydrogens (tertiary/aromatic N) is 1. The zero-order valence-corrected chi connectivity index (χ0v) is 7.12. The van der Waals surface area contributed by atoms with Gasteiger partial charge in [0.1, 0.15) is 5.54 Å². The summed E-state index contributed by atoms with van der Waals surface area (Å²) in [6, 6.07) is 0. The summed E-state index contributed by atoms with van der Waals surface area (Å²) in [5.41, 5.74) is -1.65. The molecule has 74 valence electrons. The fourth-order valence-corrected chi connectivity index (χ4v) is 1.97. The first-order valence-electron chi connectivity index (χ1n) is 4.39. The summed E-state index contributed by atoms with van der Waals surface area (Å²) in [4.78, 5) is 1.24. The average Bonchev–Trinajstić information content (AvgIpc) is 2.70. The second kappa shape index (κ2) is 2.39. The maximum atomic E-state index is 12.6. The molecule has 1 N–H and O–H groups in total. The molecule has 0 bridgehead atoms. The van der Waals surface area contributed by atoms with Gasteiger partial charge >= 0.3 is 6.18 Å². The molecule has 0 radical (unpaired) electrons. The second-order valence-corrected chi connectivity index (χ2v) is 3.73. The van der Waals surface area contributed by atoms with Crippen LogP contribution in [-0.4, -0.2) is 29.0 Å². The molecule has 2 fully saturated rings. The molecule has 2 nitrogen and oxygen atoms in total. The van der Waals surface area contributed by atoms with Gasteiger partial charge in [0.25, 0.3) is 0 Å². The first-order chi connectivity index (χ1) is 5.97. The molecule has 1 aliphatic heterocycles. The van der Waals surface area contributed by atoms with Crippen LogP contribution in [0.2, 0.25) is 0 Å². The van der Waals surface area contributed by atoms with Gasteiger partial charge < -0.3 is 4.90 Å². The summed E-state index contributed by atoms with van der Waals surface area (Å²) in [7, 11) is 0. The lowest BCUT2D eigenvalue weighted by atomic mass is 10.2. The minimum absolute atomic E-state index is 0.162. The molecule has 0 aromatic rings. The van der Waals surface area contributed by atoms with Crippen LogP contribution in [0.4, 0.5) is 13.2 Å². The van der Waals surface area contributed by atoms with Crippen molar-refractivity contribution >= 4 is 5.84 Å². The van der Waals surface area contributed by atoms with E-state index in [0.29, 0.717) is 19.4 Å². The topological polar surface area (TPSA) is 27.1 Å². The van der Waals surface area contributed by atoms with Crippen molar-refractivity contribution in [2.24, 2.45) is 0 Å². The molecule has 1 heterocycles. The fraction of sp³-hybridized carbons (Fsp3) is 0.875. The Kier molecular flexibility index (Phi) is 1.63. The molecule has 13 heavy (non-hydrogen) atoms. The minimum Gasteiger partial charge on any atom is -0.346 e. The number of hydrogen-bond donors (Lipinski definition) is 1. The standard InChI is InChI=1S/C8H11F3N2/c9-8(10,11)7(3-4-7)13-5-1-2-6(13)12/h12H,1-5H2. The molecule has 2 rings (SSSR count). The van der Waals surface area contributed by atoms with Crippen LogP contribution in [0.25, 0.3) is 0 Å². The Morgan fingerprint density at radius 2 is 1.92 bits per heavy atom. The van der Waals surface area contributed by atoms with Crippen LogP contribution in [0, 0.1) is 5.41 Å². The predicted octanol–water partition coefficient (Wildman–Crippen LogP) is 2.15. The number of likely N-dealkylation sites (tertiary alicyclic amines) is 1. The van der Waals surface area contributed by atoms with Crippen LogP contribution in [0.5, 0.6) is 0 Å². The number of amidine groups is 1. The van der Waals surface area contributed by atoms with Crippen LogP contribution in [0.15, 0.2) is 0 Å². The normalized spacial score (nSPS) is 26.7. The van der Waals surface area contributed by atoms with E-state index in [1.807, 2.05) is 0 Å². The smallest absolute Gasteiger partial charge is 0.346 e. The molecule has 0 amide bonds. The third-order valence-electron chi connectivity index (χ3n) is 2.89. The van der Waals surface area contributed by atoms with Crippen LogP contribution < -0.4 is 0 Å². The molecule has 0 spiro atoms. The van der Waals surface area contributed by atoms with Gasteiger partial charge in [-0.25, -0.2) is 0 Å². The summed E-state index contributed by atoms with van der Waals surface area (Å²) in [5.74, 6) is 0.162. The van der Waals surface area contributed by atoms with E-state index in [4.69, 9.17) is 5.41 Å². The van der Waals surface area contributed by atoms with Crippen molar-refractivity contribution in [2.45, 2.75) is 37.4 Å². The maximum absolute atomic E-state index is 12.6. The van der Waals surface area contributed by atoms with Crippen molar-refractivity contribution in [3.05, 3.63) is 0 Å². The lowest BCUT2D eigenvalue weighted by Crippen LogP contribution is -2.48. The van der Waals surface area contributed by atoms with Gasteiger partial charge in [0.05, 0.1) is 5.84 Å². The number of nitrogens with one attached hydrogen (secondary N) is 1. The Morgan fingerprint density at radius 3 is 2.23 bits per heavy atom. The van der Waals surface area contributed by atoms with Crippen molar-refractivity contribution in [3.8, 4) is 0 Å². The van der Waals surface area contributed by atoms with Crippen LogP contribution in [0.1, 0.15) is 25.7 Å². The highest BCUT2D eigenvalue weighted by Gasteiger charge is 2.67. The Morgan fingerprint density at radius 1 is 1.31 bits per heavy atom. The van der Waals surface area contributed by atoms with E-state index in [0.717, 1.165) is 0 Å². The largest absolute Gasteiger partial charge is 0.411 e. The third kappa shape index (κ3) is 1.13. The molecule has 1 saturated heterocycles. The number of rotatable bonds is 1. The highest BCUT2D eigenvalue weighted by molar-refractivity contribution is 5.82. The zero-order chi connectivity index (χ0) is 9.69. The van der Waals surface area contributed by atoms with E-state index in [-0.39, 0.29) is 18.7 Å². The van der Waals surface area contributed by atoms with Crippen LogP contribution in [-0.2, 0) is 0 Å². The molecule has 2 aliphatic rings. The van der Waals surface area contributed by atoms with Gasteiger partial charge in [0.15, 0.2) is 0 Å². The first-order valence-corrected chi connectivity index (χ1v) is 4.39. The molecular formula is C8H11F3N2. The summed E-state index contributed by atoms with van der Waals surface area (Å²) in [6.07, 6.45) is -2.64. The van der Waals surface area contributed by atoms with Crippen molar-refractivity contribution in [3.63, 3.8) is 0 Å². The van der Waals surface area contributed by atoms with Gasteiger partial charge in [0, 0.05) is 13.0 Å². The lowest BCUT2D eigenvalue weighted by molar-refractivity contribution is -0.184. The van der Waals surface area contributed by atoms with Crippen molar-refractivity contribution in [1.82, 2.24) is 4.90 Å². The Hall–Kier alpha value is -0.740. The van der Waals surface area contributed by atoms with Gasteiger partial charge in [-0.1, -0.05) is 0 Å². The first kappa shape index (κ1) is 8.84. The SMILES string of the molecule is N=C1CCCN1C1(C(F)(F)F)CC1. The summed E-state index contributed by atoms with van der Waals surface area (Å²) in [5, 5.41) is 7.41. The highest BCUT2D eigenvalue weighted by atomic mass is 19.4. The highest BCUT2D eigenvalue weighted by Crippen LogP contribution is 2.54.